The zero-order chi connectivity index (χ0) is 14.5. The van der Waals surface area contributed by atoms with Gasteiger partial charge < -0.3 is 15.5 Å². The van der Waals surface area contributed by atoms with E-state index in [9.17, 15) is 4.79 Å². The largest absolute Gasteiger partial charge is 0.368 e. The molecular weight excluding hydrogens is 254 g/mol. The second-order valence-corrected chi connectivity index (χ2v) is 5.68. The van der Waals surface area contributed by atoms with Gasteiger partial charge in [-0.15, -0.1) is 0 Å². The van der Waals surface area contributed by atoms with Crippen LogP contribution in [0, 0.1) is 0 Å². The van der Waals surface area contributed by atoms with Crippen molar-refractivity contribution in [1.29, 1.82) is 0 Å². The van der Waals surface area contributed by atoms with Gasteiger partial charge in [-0.1, -0.05) is 0 Å². The zero-order valence-corrected chi connectivity index (χ0v) is 12.5. The average molecular weight is 279 g/mol. The van der Waals surface area contributed by atoms with Crippen LogP contribution in [0.1, 0.15) is 19.8 Å². The summed E-state index contributed by atoms with van der Waals surface area (Å²) >= 11 is 0. The molecule has 1 aliphatic heterocycles. The van der Waals surface area contributed by atoms with Gasteiger partial charge in [0, 0.05) is 44.8 Å². The van der Waals surface area contributed by atoms with E-state index >= 15 is 0 Å². The van der Waals surface area contributed by atoms with Crippen molar-refractivity contribution < 1.29 is 0 Å². The van der Waals surface area contributed by atoms with Crippen LogP contribution in [-0.4, -0.2) is 53.9 Å². The molecule has 1 aliphatic rings. The molecule has 1 fully saturated rings. The predicted molar refractivity (Wildman–Crippen MR) is 81.1 cm³/mol. The number of nitrogens with two attached hydrogens (primary N) is 1. The fraction of sp³-hybridized carbons (Fsp3) is 0.714. The minimum atomic E-state index is -0.0221. The Morgan fingerprint density at radius 2 is 2.05 bits per heavy atom. The van der Waals surface area contributed by atoms with Crippen LogP contribution in [0.5, 0.6) is 0 Å². The van der Waals surface area contributed by atoms with Crippen molar-refractivity contribution in [1.82, 2.24) is 14.7 Å². The molecule has 0 spiro atoms. The van der Waals surface area contributed by atoms with Crippen LogP contribution < -0.4 is 16.2 Å². The molecule has 2 rings (SSSR count). The van der Waals surface area contributed by atoms with Crippen LogP contribution >= 0.6 is 0 Å². The third-order valence-corrected chi connectivity index (χ3v) is 3.75. The van der Waals surface area contributed by atoms with Gasteiger partial charge in [0.2, 0.25) is 0 Å². The number of aromatic nitrogens is 2. The summed E-state index contributed by atoms with van der Waals surface area (Å²) in [7, 11) is 2.12. The molecule has 112 valence electrons. The predicted octanol–water partition coefficient (Wildman–Crippen LogP) is 0.123. The van der Waals surface area contributed by atoms with Crippen molar-refractivity contribution in [3.63, 3.8) is 0 Å². The smallest absolute Gasteiger partial charge is 0.268 e. The van der Waals surface area contributed by atoms with E-state index < -0.39 is 0 Å². The minimum Gasteiger partial charge on any atom is -0.368 e. The highest BCUT2D eigenvalue weighted by Gasteiger charge is 2.15. The van der Waals surface area contributed by atoms with Crippen molar-refractivity contribution >= 4 is 5.69 Å². The zero-order valence-electron chi connectivity index (χ0n) is 12.5. The van der Waals surface area contributed by atoms with Crippen molar-refractivity contribution in [2.75, 3.05) is 38.1 Å². The summed E-state index contributed by atoms with van der Waals surface area (Å²) < 4.78 is 1.53. The number of hydrogen-bond acceptors (Lipinski definition) is 5. The molecule has 2 N–H and O–H groups in total. The molecule has 0 saturated carbocycles. The highest BCUT2D eigenvalue weighted by Crippen LogP contribution is 2.12. The van der Waals surface area contributed by atoms with E-state index in [1.54, 1.807) is 12.3 Å². The maximum Gasteiger partial charge on any atom is 0.268 e. The van der Waals surface area contributed by atoms with Gasteiger partial charge >= 0.3 is 0 Å². The van der Waals surface area contributed by atoms with Gasteiger partial charge in [-0.05, 0) is 26.8 Å². The SMILES string of the molecule is CC(N)CCCn1ncc(N2CCN(C)CC2)cc1=O. The molecule has 0 radical (unpaired) electrons. The second-order valence-electron chi connectivity index (χ2n) is 5.68. The van der Waals surface area contributed by atoms with Gasteiger partial charge in [0.1, 0.15) is 0 Å². The average Bonchev–Trinajstić information content (AvgIpc) is 2.41. The number of likely N-dealkylation sites (N-methyl/N-ethyl adjacent to an activating group) is 1. The van der Waals surface area contributed by atoms with Gasteiger partial charge in [-0.25, -0.2) is 4.68 Å². The monoisotopic (exact) mass is 279 g/mol. The Hall–Kier alpha value is -1.40. The number of nitrogens with zero attached hydrogens (tertiary/aromatic N) is 4. The van der Waals surface area contributed by atoms with Crippen LogP contribution in [0.15, 0.2) is 17.1 Å². The normalized spacial score (nSPS) is 18.2. The topological polar surface area (TPSA) is 67.4 Å². The Morgan fingerprint density at radius 3 is 2.65 bits per heavy atom. The lowest BCUT2D eigenvalue weighted by Gasteiger charge is -2.33. The lowest BCUT2D eigenvalue weighted by molar-refractivity contribution is 0.312. The van der Waals surface area contributed by atoms with Crippen LogP contribution in [0.25, 0.3) is 0 Å². The van der Waals surface area contributed by atoms with Crippen molar-refractivity contribution in [3.05, 3.63) is 22.6 Å². The number of piperazine rings is 1. The maximum atomic E-state index is 12.1. The first-order chi connectivity index (χ1) is 9.56. The molecule has 6 nitrogen and oxygen atoms in total. The van der Waals surface area contributed by atoms with Crippen LogP contribution in [0.2, 0.25) is 0 Å². The van der Waals surface area contributed by atoms with E-state index in [0.717, 1.165) is 44.7 Å². The summed E-state index contributed by atoms with van der Waals surface area (Å²) in [5, 5.41) is 4.28. The minimum absolute atomic E-state index is 0.0221. The van der Waals surface area contributed by atoms with E-state index in [1.807, 2.05) is 6.92 Å². The Kier molecular flexibility index (Phi) is 5.14. The summed E-state index contributed by atoms with van der Waals surface area (Å²) in [4.78, 5) is 16.6. The first-order valence-corrected chi connectivity index (χ1v) is 7.32. The highest BCUT2D eigenvalue weighted by molar-refractivity contribution is 5.43. The molecule has 1 aromatic rings. The van der Waals surface area contributed by atoms with Gasteiger partial charge in [-0.2, -0.15) is 5.10 Å². The first-order valence-electron chi connectivity index (χ1n) is 7.32. The van der Waals surface area contributed by atoms with Gasteiger partial charge in [0.15, 0.2) is 0 Å². The Labute approximate surface area is 120 Å². The number of hydrogen-bond donors (Lipinski definition) is 1. The molecule has 0 bridgehead atoms. The summed E-state index contributed by atoms with van der Waals surface area (Å²) in [5.74, 6) is 0. The third kappa shape index (κ3) is 4.05. The van der Waals surface area contributed by atoms with E-state index in [-0.39, 0.29) is 11.6 Å². The fourth-order valence-corrected chi connectivity index (χ4v) is 2.39. The fourth-order valence-electron chi connectivity index (χ4n) is 2.39. The van der Waals surface area contributed by atoms with E-state index in [1.165, 1.54) is 4.68 Å². The van der Waals surface area contributed by atoms with E-state index in [2.05, 4.69) is 21.9 Å². The van der Waals surface area contributed by atoms with Crippen LogP contribution in [0.4, 0.5) is 5.69 Å². The molecule has 1 aromatic heterocycles. The second kappa shape index (κ2) is 6.85. The third-order valence-electron chi connectivity index (χ3n) is 3.75. The molecular formula is C14H25N5O. The summed E-state index contributed by atoms with van der Waals surface area (Å²) in [6, 6.07) is 1.87. The number of rotatable bonds is 5. The Morgan fingerprint density at radius 1 is 1.35 bits per heavy atom. The molecule has 0 aromatic carbocycles. The summed E-state index contributed by atoms with van der Waals surface area (Å²) in [6.07, 6.45) is 3.60. The molecule has 2 heterocycles. The molecule has 0 amide bonds. The first kappa shape index (κ1) is 15.0. The van der Waals surface area contributed by atoms with Crippen LogP contribution in [-0.2, 0) is 6.54 Å². The van der Waals surface area contributed by atoms with Gasteiger partial charge in [0.25, 0.3) is 5.56 Å². The molecule has 1 unspecified atom stereocenters. The molecule has 0 aliphatic carbocycles. The van der Waals surface area contributed by atoms with Gasteiger partial charge in [-0.3, -0.25) is 4.79 Å². The number of aryl methyl sites for hydroxylation is 1. The van der Waals surface area contributed by atoms with E-state index in [0.29, 0.717) is 6.54 Å². The Balaban J connectivity index is 1.97. The Bertz CT molecular complexity index is 477. The van der Waals surface area contributed by atoms with Crippen molar-refractivity contribution in [2.45, 2.75) is 32.4 Å². The summed E-state index contributed by atoms with van der Waals surface area (Å²) in [6.45, 7) is 6.57. The standard InChI is InChI=1S/C14H25N5O/c1-12(15)4-3-5-19-14(20)10-13(11-16-19)18-8-6-17(2)7-9-18/h10-12H,3-9,15H2,1-2H3. The highest BCUT2D eigenvalue weighted by atomic mass is 16.1. The van der Waals surface area contributed by atoms with Gasteiger partial charge in [0.05, 0.1) is 11.9 Å². The molecule has 6 heteroatoms. The number of anilines is 1. The molecule has 1 atom stereocenters. The lowest BCUT2D eigenvalue weighted by atomic mass is 10.2. The summed E-state index contributed by atoms with van der Waals surface area (Å²) in [5.41, 5.74) is 6.62. The maximum absolute atomic E-state index is 12.1. The molecule has 20 heavy (non-hydrogen) atoms. The lowest BCUT2D eigenvalue weighted by Crippen LogP contribution is -2.45. The quantitative estimate of drug-likeness (QED) is 0.829. The van der Waals surface area contributed by atoms with Crippen molar-refractivity contribution in [3.8, 4) is 0 Å². The molecule has 1 saturated heterocycles. The van der Waals surface area contributed by atoms with E-state index in [4.69, 9.17) is 5.73 Å². The van der Waals surface area contributed by atoms with Crippen molar-refractivity contribution in [2.24, 2.45) is 5.73 Å². The van der Waals surface area contributed by atoms with Crippen LogP contribution in [0.3, 0.4) is 0 Å².